The van der Waals surface area contributed by atoms with Crippen LogP contribution in [0.25, 0.3) is 0 Å². The van der Waals surface area contributed by atoms with Crippen LogP contribution in [-0.4, -0.2) is 4.98 Å². The molecule has 1 N–H and O–H groups in total. The van der Waals surface area contributed by atoms with Crippen molar-refractivity contribution in [2.75, 3.05) is 0 Å². The summed E-state index contributed by atoms with van der Waals surface area (Å²) in [5.74, 6) is 0. The lowest BCUT2D eigenvalue weighted by atomic mass is 9.99. The molecule has 1 aliphatic heterocycles. The lowest BCUT2D eigenvalue weighted by Crippen LogP contribution is -2.23. The van der Waals surface area contributed by atoms with Crippen LogP contribution in [0.2, 0.25) is 0 Å². The van der Waals surface area contributed by atoms with E-state index in [9.17, 15) is 0 Å². The van der Waals surface area contributed by atoms with Crippen molar-refractivity contribution in [3.05, 3.63) is 41.9 Å². The van der Waals surface area contributed by atoms with Gasteiger partial charge in [-0.1, -0.05) is 6.08 Å². The van der Waals surface area contributed by atoms with Crippen molar-refractivity contribution in [3.8, 4) is 6.07 Å². The smallest absolute Gasteiger partial charge is 0.117 e. The fraction of sp³-hybridized carbons (Fsp3) is 0.273. The van der Waals surface area contributed by atoms with Gasteiger partial charge in [0.1, 0.15) is 11.8 Å². The molecule has 1 aromatic rings. The Morgan fingerprint density at radius 3 is 2.93 bits per heavy atom. The normalized spacial score (nSPS) is 20.5. The number of rotatable bonds is 1. The van der Waals surface area contributed by atoms with Gasteiger partial charge in [0.25, 0.3) is 0 Å². The van der Waals surface area contributed by atoms with E-state index >= 15 is 0 Å². The Kier molecular flexibility index (Phi) is 2.46. The molecule has 3 heteroatoms. The highest BCUT2D eigenvalue weighted by Crippen LogP contribution is 2.23. The van der Waals surface area contributed by atoms with E-state index in [4.69, 9.17) is 5.26 Å². The van der Waals surface area contributed by atoms with Crippen LogP contribution in [0.3, 0.4) is 0 Å². The predicted octanol–water partition coefficient (Wildman–Crippen LogP) is 1.91. The molecule has 0 spiro atoms. The molecule has 1 unspecified atom stereocenters. The summed E-state index contributed by atoms with van der Waals surface area (Å²) in [5, 5.41) is 12.0. The summed E-state index contributed by atoms with van der Waals surface area (Å²) in [7, 11) is 0. The molecule has 0 aliphatic carbocycles. The molecule has 2 heterocycles. The molecule has 1 atom stereocenters. The van der Waals surface area contributed by atoms with Gasteiger partial charge in [-0.25, -0.2) is 0 Å². The molecule has 0 amide bonds. The second kappa shape index (κ2) is 3.93. The molecular formula is C11H11N3. The number of hydrogen-bond donors (Lipinski definition) is 1. The Bertz CT molecular complexity index is 375. The molecule has 0 saturated carbocycles. The molecule has 0 bridgehead atoms. The minimum Gasteiger partial charge on any atom is -0.370 e. The van der Waals surface area contributed by atoms with Crippen LogP contribution < -0.4 is 5.32 Å². The first-order valence-corrected chi connectivity index (χ1v) is 4.67. The van der Waals surface area contributed by atoms with Crippen LogP contribution in [0, 0.1) is 11.3 Å². The molecule has 14 heavy (non-hydrogen) atoms. The quantitative estimate of drug-likeness (QED) is 0.727. The second-order valence-corrected chi connectivity index (χ2v) is 3.28. The van der Waals surface area contributed by atoms with Crippen molar-refractivity contribution in [1.82, 2.24) is 10.3 Å². The van der Waals surface area contributed by atoms with Crippen LogP contribution in [0.1, 0.15) is 24.4 Å². The number of allylic oxidation sites excluding steroid dienone is 2. The van der Waals surface area contributed by atoms with Gasteiger partial charge >= 0.3 is 0 Å². The van der Waals surface area contributed by atoms with Crippen LogP contribution in [0.4, 0.5) is 0 Å². The van der Waals surface area contributed by atoms with E-state index in [2.05, 4.69) is 16.4 Å². The van der Waals surface area contributed by atoms with E-state index in [0.29, 0.717) is 5.70 Å². The maximum atomic E-state index is 8.76. The van der Waals surface area contributed by atoms with E-state index in [1.165, 1.54) is 5.56 Å². The number of nitrogens with zero attached hydrogens (tertiary/aromatic N) is 2. The first-order chi connectivity index (χ1) is 6.90. The van der Waals surface area contributed by atoms with Gasteiger partial charge in [-0.15, -0.1) is 0 Å². The Hall–Kier alpha value is -1.82. The molecule has 70 valence electrons. The summed E-state index contributed by atoms with van der Waals surface area (Å²) < 4.78 is 0. The maximum absolute atomic E-state index is 8.76. The number of pyridine rings is 1. The Morgan fingerprint density at radius 1 is 1.43 bits per heavy atom. The molecule has 0 saturated heterocycles. The largest absolute Gasteiger partial charge is 0.370 e. The van der Waals surface area contributed by atoms with Crippen molar-refractivity contribution in [3.63, 3.8) is 0 Å². The van der Waals surface area contributed by atoms with Crippen LogP contribution in [-0.2, 0) is 0 Å². The Balaban J connectivity index is 2.16. The van der Waals surface area contributed by atoms with Gasteiger partial charge in [0.15, 0.2) is 0 Å². The first kappa shape index (κ1) is 8.76. The summed E-state index contributed by atoms with van der Waals surface area (Å²) in [6, 6.07) is 6.37. The number of nitriles is 1. The van der Waals surface area contributed by atoms with E-state index < -0.39 is 0 Å². The van der Waals surface area contributed by atoms with Gasteiger partial charge in [-0.3, -0.25) is 4.98 Å². The molecule has 0 fully saturated rings. The van der Waals surface area contributed by atoms with Crippen molar-refractivity contribution in [2.24, 2.45) is 0 Å². The fourth-order valence-electron chi connectivity index (χ4n) is 1.64. The average molecular weight is 185 g/mol. The standard InChI is InChI=1S/C11H11N3/c12-8-10-2-1-3-11(14-10)9-4-6-13-7-5-9/h2,4-7,11,14H,1,3H2. The third-order valence-corrected chi connectivity index (χ3v) is 2.36. The molecule has 3 nitrogen and oxygen atoms in total. The highest BCUT2D eigenvalue weighted by Gasteiger charge is 2.15. The lowest BCUT2D eigenvalue weighted by Gasteiger charge is -2.22. The number of aromatic nitrogens is 1. The Labute approximate surface area is 83.1 Å². The van der Waals surface area contributed by atoms with Gasteiger partial charge in [-0.05, 0) is 30.5 Å². The van der Waals surface area contributed by atoms with Gasteiger partial charge in [0, 0.05) is 12.4 Å². The summed E-state index contributed by atoms with van der Waals surface area (Å²) >= 11 is 0. The summed E-state index contributed by atoms with van der Waals surface area (Å²) in [5.41, 5.74) is 1.87. The lowest BCUT2D eigenvalue weighted by molar-refractivity contribution is 0.538. The summed E-state index contributed by atoms with van der Waals surface area (Å²) in [4.78, 5) is 3.97. The van der Waals surface area contributed by atoms with Crippen LogP contribution in [0.15, 0.2) is 36.3 Å². The van der Waals surface area contributed by atoms with Crippen LogP contribution in [0.5, 0.6) is 0 Å². The molecule has 0 aromatic carbocycles. The van der Waals surface area contributed by atoms with Gasteiger partial charge in [-0.2, -0.15) is 5.26 Å². The molecule has 1 aromatic heterocycles. The highest BCUT2D eigenvalue weighted by molar-refractivity contribution is 5.26. The summed E-state index contributed by atoms with van der Waals surface area (Å²) in [6.45, 7) is 0. The Morgan fingerprint density at radius 2 is 2.21 bits per heavy atom. The van der Waals surface area contributed by atoms with Gasteiger partial charge in [0.05, 0.1) is 6.04 Å². The minimum atomic E-state index is 0.262. The number of nitrogens with one attached hydrogen (secondary N) is 1. The zero-order valence-corrected chi connectivity index (χ0v) is 7.77. The van der Waals surface area contributed by atoms with E-state index in [0.717, 1.165) is 12.8 Å². The third-order valence-electron chi connectivity index (χ3n) is 2.36. The fourth-order valence-corrected chi connectivity index (χ4v) is 1.64. The first-order valence-electron chi connectivity index (χ1n) is 4.67. The summed E-state index contributed by atoms with van der Waals surface area (Å²) in [6.07, 6.45) is 7.50. The van der Waals surface area contributed by atoms with E-state index in [1.54, 1.807) is 12.4 Å². The van der Waals surface area contributed by atoms with Crippen molar-refractivity contribution < 1.29 is 0 Å². The molecule has 1 aliphatic rings. The average Bonchev–Trinajstić information content (AvgIpc) is 2.30. The van der Waals surface area contributed by atoms with Crippen molar-refractivity contribution in [1.29, 1.82) is 5.26 Å². The third kappa shape index (κ3) is 1.74. The van der Waals surface area contributed by atoms with Gasteiger partial charge < -0.3 is 5.32 Å². The minimum absolute atomic E-state index is 0.262. The zero-order chi connectivity index (χ0) is 9.80. The van der Waals surface area contributed by atoms with Crippen molar-refractivity contribution in [2.45, 2.75) is 18.9 Å². The topological polar surface area (TPSA) is 48.7 Å². The predicted molar refractivity (Wildman–Crippen MR) is 53.0 cm³/mol. The zero-order valence-electron chi connectivity index (χ0n) is 7.77. The molecular weight excluding hydrogens is 174 g/mol. The second-order valence-electron chi connectivity index (χ2n) is 3.28. The highest BCUT2D eigenvalue weighted by atomic mass is 14.9. The maximum Gasteiger partial charge on any atom is 0.117 e. The van der Waals surface area contributed by atoms with E-state index in [-0.39, 0.29) is 6.04 Å². The van der Waals surface area contributed by atoms with Gasteiger partial charge in [0.2, 0.25) is 0 Å². The van der Waals surface area contributed by atoms with Crippen molar-refractivity contribution >= 4 is 0 Å². The van der Waals surface area contributed by atoms with Crippen LogP contribution >= 0.6 is 0 Å². The number of hydrogen-bond acceptors (Lipinski definition) is 3. The monoisotopic (exact) mass is 185 g/mol. The van der Waals surface area contributed by atoms with E-state index in [1.807, 2.05) is 18.2 Å². The SMILES string of the molecule is N#CC1=CCCC(c2ccncc2)N1. The molecule has 2 rings (SSSR count). The molecule has 0 radical (unpaired) electrons.